The van der Waals surface area contributed by atoms with Gasteiger partial charge < -0.3 is 10.1 Å². The molecule has 0 radical (unpaired) electrons. The van der Waals surface area contributed by atoms with E-state index in [2.05, 4.69) is 34.5 Å². The Hall–Kier alpha value is -3.00. The molecule has 3 heterocycles. The van der Waals surface area contributed by atoms with Crippen molar-refractivity contribution in [3.63, 3.8) is 0 Å². The molecule has 1 saturated heterocycles. The second kappa shape index (κ2) is 9.87. The highest BCUT2D eigenvalue weighted by Crippen LogP contribution is 2.29. The van der Waals surface area contributed by atoms with Crippen molar-refractivity contribution < 1.29 is 9.53 Å². The first-order valence-electron chi connectivity index (χ1n) is 11.3. The third kappa shape index (κ3) is 5.00. The zero-order valence-corrected chi connectivity index (χ0v) is 19.6. The molecule has 7 heteroatoms. The van der Waals surface area contributed by atoms with Gasteiger partial charge in [0.05, 0.1) is 36.4 Å². The summed E-state index contributed by atoms with van der Waals surface area (Å²) < 4.78 is 7.50. The summed E-state index contributed by atoms with van der Waals surface area (Å²) >= 11 is 1.51. The third-order valence-electron chi connectivity index (χ3n) is 6.06. The van der Waals surface area contributed by atoms with Crippen molar-refractivity contribution in [1.29, 1.82) is 0 Å². The lowest BCUT2D eigenvalue weighted by Crippen LogP contribution is -2.43. The molecule has 1 unspecified atom stereocenters. The molecular formula is C26H28N4O2S. The van der Waals surface area contributed by atoms with Crippen LogP contribution in [-0.4, -0.2) is 53.4 Å². The number of amides is 1. The maximum absolute atomic E-state index is 13.3. The Morgan fingerprint density at radius 2 is 1.79 bits per heavy atom. The summed E-state index contributed by atoms with van der Waals surface area (Å²) in [5.41, 5.74) is 3.25. The number of benzene rings is 2. The Kier molecular flexibility index (Phi) is 6.53. The zero-order chi connectivity index (χ0) is 22.6. The third-order valence-corrected chi connectivity index (χ3v) is 7.21. The first kappa shape index (κ1) is 21.8. The van der Waals surface area contributed by atoms with Crippen molar-refractivity contribution in [2.24, 2.45) is 0 Å². The van der Waals surface area contributed by atoms with Gasteiger partial charge in [0.1, 0.15) is 4.83 Å². The highest BCUT2D eigenvalue weighted by atomic mass is 32.1. The molecule has 6 nitrogen and oxygen atoms in total. The SMILES string of the molecule is Cc1nn(Cc2ccccc2)c2sc(C(=O)NC(CN3CCOCC3)c3ccccc3)cc12. The second-order valence-corrected chi connectivity index (χ2v) is 9.44. The molecule has 1 amide bonds. The van der Waals surface area contributed by atoms with Gasteiger partial charge in [0.25, 0.3) is 5.91 Å². The quantitative estimate of drug-likeness (QED) is 0.448. The number of thiophene rings is 1. The summed E-state index contributed by atoms with van der Waals surface area (Å²) in [6.07, 6.45) is 0. The molecule has 4 aromatic rings. The molecule has 0 saturated carbocycles. The van der Waals surface area contributed by atoms with E-state index >= 15 is 0 Å². The van der Waals surface area contributed by atoms with Crippen LogP contribution in [0.15, 0.2) is 66.7 Å². The molecular weight excluding hydrogens is 432 g/mol. The molecule has 0 spiro atoms. The van der Waals surface area contributed by atoms with Crippen molar-refractivity contribution in [1.82, 2.24) is 20.0 Å². The number of ether oxygens (including phenoxy) is 1. The van der Waals surface area contributed by atoms with Gasteiger partial charge in [0, 0.05) is 25.0 Å². The topological polar surface area (TPSA) is 59.4 Å². The number of carbonyl (C=O) groups is 1. The van der Waals surface area contributed by atoms with Gasteiger partial charge in [-0.05, 0) is 24.1 Å². The minimum atomic E-state index is -0.0797. The number of fused-ring (bicyclic) bond motifs is 1. The van der Waals surface area contributed by atoms with Gasteiger partial charge in [-0.25, -0.2) is 0 Å². The zero-order valence-electron chi connectivity index (χ0n) is 18.7. The number of nitrogens with one attached hydrogen (secondary N) is 1. The van der Waals surface area contributed by atoms with Gasteiger partial charge in [-0.3, -0.25) is 14.4 Å². The number of carbonyl (C=O) groups excluding carboxylic acids is 1. The molecule has 1 aliphatic rings. The average Bonchev–Trinajstić information content (AvgIpc) is 3.42. The summed E-state index contributed by atoms with van der Waals surface area (Å²) in [7, 11) is 0. The average molecular weight is 461 g/mol. The van der Waals surface area contributed by atoms with Crippen LogP contribution in [0.5, 0.6) is 0 Å². The fourth-order valence-electron chi connectivity index (χ4n) is 4.28. The predicted octanol–water partition coefficient (Wildman–Crippen LogP) is 4.26. The monoisotopic (exact) mass is 460 g/mol. The normalized spacial score (nSPS) is 15.5. The van der Waals surface area contributed by atoms with E-state index in [4.69, 9.17) is 9.84 Å². The summed E-state index contributed by atoms with van der Waals surface area (Å²) in [6.45, 7) is 6.71. The number of morpholine rings is 1. The number of rotatable bonds is 7. The van der Waals surface area contributed by atoms with Crippen molar-refractivity contribution in [2.75, 3.05) is 32.8 Å². The van der Waals surface area contributed by atoms with E-state index in [1.54, 1.807) is 0 Å². The lowest BCUT2D eigenvalue weighted by atomic mass is 10.1. The van der Waals surface area contributed by atoms with Crippen LogP contribution >= 0.6 is 11.3 Å². The van der Waals surface area contributed by atoms with Crippen LogP contribution in [-0.2, 0) is 11.3 Å². The van der Waals surface area contributed by atoms with E-state index in [1.807, 2.05) is 54.1 Å². The minimum absolute atomic E-state index is 0.0380. The molecule has 33 heavy (non-hydrogen) atoms. The molecule has 1 N–H and O–H groups in total. The maximum atomic E-state index is 13.3. The van der Waals surface area contributed by atoms with Crippen LogP contribution < -0.4 is 5.32 Å². The van der Waals surface area contributed by atoms with Gasteiger partial charge >= 0.3 is 0 Å². The van der Waals surface area contributed by atoms with Crippen LogP contribution in [0.25, 0.3) is 10.2 Å². The summed E-state index contributed by atoms with van der Waals surface area (Å²) in [6, 6.07) is 22.4. The van der Waals surface area contributed by atoms with Crippen LogP contribution in [0.1, 0.15) is 32.5 Å². The van der Waals surface area contributed by atoms with E-state index < -0.39 is 0 Å². The van der Waals surface area contributed by atoms with Gasteiger partial charge in [-0.2, -0.15) is 5.10 Å². The van der Waals surface area contributed by atoms with Crippen LogP contribution in [0.2, 0.25) is 0 Å². The van der Waals surface area contributed by atoms with E-state index in [-0.39, 0.29) is 11.9 Å². The molecule has 0 bridgehead atoms. The first-order valence-corrected chi connectivity index (χ1v) is 12.2. The molecule has 1 atom stereocenters. The lowest BCUT2D eigenvalue weighted by Gasteiger charge is -2.31. The van der Waals surface area contributed by atoms with Gasteiger partial charge in [-0.1, -0.05) is 60.7 Å². The van der Waals surface area contributed by atoms with Crippen molar-refractivity contribution in [3.05, 3.63) is 88.4 Å². The van der Waals surface area contributed by atoms with Gasteiger partial charge in [0.15, 0.2) is 0 Å². The fraction of sp³-hybridized carbons (Fsp3) is 0.308. The second-order valence-electron chi connectivity index (χ2n) is 8.41. The number of hydrogen-bond donors (Lipinski definition) is 1. The van der Waals surface area contributed by atoms with Crippen LogP contribution in [0.4, 0.5) is 0 Å². The fourth-order valence-corrected chi connectivity index (χ4v) is 5.34. The smallest absolute Gasteiger partial charge is 0.261 e. The summed E-state index contributed by atoms with van der Waals surface area (Å²) in [4.78, 5) is 17.5. The highest BCUT2D eigenvalue weighted by molar-refractivity contribution is 7.20. The largest absolute Gasteiger partial charge is 0.379 e. The van der Waals surface area contributed by atoms with E-state index in [1.165, 1.54) is 16.9 Å². The molecule has 1 fully saturated rings. The standard InChI is InChI=1S/C26H28N4O2S/c1-19-22-16-24(33-26(22)30(28-19)17-20-8-4-2-5-9-20)25(31)27-23(21-10-6-3-7-11-21)18-29-12-14-32-15-13-29/h2-11,16,23H,12-15,17-18H2,1H3,(H,27,31). The number of hydrogen-bond acceptors (Lipinski definition) is 5. The minimum Gasteiger partial charge on any atom is -0.379 e. The number of aromatic nitrogens is 2. The Morgan fingerprint density at radius 1 is 1.09 bits per heavy atom. The lowest BCUT2D eigenvalue weighted by molar-refractivity contribution is 0.0332. The van der Waals surface area contributed by atoms with Gasteiger partial charge in [-0.15, -0.1) is 11.3 Å². The molecule has 0 aliphatic carbocycles. The predicted molar refractivity (Wildman–Crippen MR) is 132 cm³/mol. The number of aryl methyl sites for hydroxylation is 1. The van der Waals surface area contributed by atoms with E-state index in [0.29, 0.717) is 6.54 Å². The molecule has 2 aromatic heterocycles. The van der Waals surface area contributed by atoms with E-state index in [9.17, 15) is 4.79 Å². The van der Waals surface area contributed by atoms with Crippen LogP contribution in [0.3, 0.4) is 0 Å². The van der Waals surface area contributed by atoms with Crippen LogP contribution in [0, 0.1) is 6.92 Å². The first-order chi connectivity index (χ1) is 16.2. The highest BCUT2D eigenvalue weighted by Gasteiger charge is 2.23. The Labute approximate surface area is 197 Å². The Bertz CT molecular complexity index is 1210. The molecule has 1 aliphatic heterocycles. The Morgan fingerprint density at radius 3 is 2.52 bits per heavy atom. The molecule has 2 aromatic carbocycles. The number of nitrogens with zero attached hydrogens (tertiary/aromatic N) is 3. The van der Waals surface area contributed by atoms with E-state index in [0.717, 1.165) is 59.2 Å². The van der Waals surface area contributed by atoms with Crippen molar-refractivity contribution in [2.45, 2.75) is 19.5 Å². The molecule has 5 rings (SSSR count). The van der Waals surface area contributed by atoms with Gasteiger partial charge in [0.2, 0.25) is 0 Å². The summed E-state index contributed by atoms with van der Waals surface area (Å²) in [5, 5.41) is 9.05. The molecule has 170 valence electrons. The maximum Gasteiger partial charge on any atom is 0.261 e. The van der Waals surface area contributed by atoms with Crippen molar-refractivity contribution >= 4 is 27.5 Å². The Balaban J connectivity index is 1.37. The van der Waals surface area contributed by atoms with Crippen molar-refractivity contribution in [3.8, 4) is 0 Å². The summed E-state index contributed by atoms with van der Waals surface area (Å²) in [5.74, 6) is -0.0380.